The van der Waals surface area contributed by atoms with Crippen LogP contribution in [0.25, 0.3) is 0 Å². The fourth-order valence-electron chi connectivity index (χ4n) is 1.94. The van der Waals surface area contributed by atoms with E-state index in [1.54, 1.807) is 13.2 Å². The first-order valence-electron chi connectivity index (χ1n) is 7.28. The molecule has 0 aliphatic carbocycles. The summed E-state index contributed by atoms with van der Waals surface area (Å²) in [4.78, 5) is 11.7. The van der Waals surface area contributed by atoms with Crippen molar-refractivity contribution in [2.45, 2.75) is 19.4 Å². The summed E-state index contributed by atoms with van der Waals surface area (Å²) in [6.45, 7) is 0.924. The van der Waals surface area contributed by atoms with Crippen molar-refractivity contribution >= 4 is 15.9 Å². The van der Waals surface area contributed by atoms with Crippen molar-refractivity contribution in [3.8, 4) is 0 Å². The molecule has 0 atom stereocenters. The maximum atomic E-state index is 13.7. The molecular weight excluding hydrogens is 323 g/mol. The lowest BCUT2D eigenvalue weighted by atomic mass is 10.2. The second kappa shape index (κ2) is 9.59. The van der Waals surface area contributed by atoms with Crippen molar-refractivity contribution in [3.63, 3.8) is 0 Å². The summed E-state index contributed by atoms with van der Waals surface area (Å²) in [5, 5.41) is 2.69. The fraction of sp³-hybridized carbons (Fsp3) is 0.533. The number of halogens is 1. The van der Waals surface area contributed by atoms with Crippen LogP contribution in [0, 0.1) is 5.82 Å². The Balaban J connectivity index is 2.56. The van der Waals surface area contributed by atoms with Gasteiger partial charge in [-0.05, 0) is 12.5 Å². The van der Waals surface area contributed by atoms with Gasteiger partial charge in [0.15, 0.2) is 0 Å². The zero-order valence-corrected chi connectivity index (χ0v) is 14.2. The van der Waals surface area contributed by atoms with Crippen LogP contribution in [-0.4, -0.2) is 51.7 Å². The first-order chi connectivity index (χ1) is 10.8. The topological polar surface area (TPSA) is 75.7 Å². The van der Waals surface area contributed by atoms with Gasteiger partial charge in [0.05, 0.1) is 6.26 Å². The Labute approximate surface area is 136 Å². The molecule has 0 aliphatic rings. The van der Waals surface area contributed by atoms with Gasteiger partial charge in [-0.15, -0.1) is 0 Å². The first-order valence-corrected chi connectivity index (χ1v) is 9.13. The molecule has 0 saturated carbocycles. The fourth-order valence-corrected chi connectivity index (χ4v) is 2.73. The zero-order valence-electron chi connectivity index (χ0n) is 13.4. The molecule has 0 saturated heterocycles. The van der Waals surface area contributed by atoms with Gasteiger partial charge in [-0.1, -0.05) is 18.2 Å². The van der Waals surface area contributed by atoms with Gasteiger partial charge in [0.1, 0.15) is 5.82 Å². The van der Waals surface area contributed by atoms with Gasteiger partial charge in [-0.2, -0.15) is 4.31 Å². The summed E-state index contributed by atoms with van der Waals surface area (Å²) >= 11 is 0. The van der Waals surface area contributed by atoms with Crippen molar-refractivity contribution in [3.05, 3.63) is 35.6 Å². The highest BCUT2D eigenvalue weighted by molar-refractivity contribution is 7.88. The van der Waals surface area contributed by atoms with Crippen LogP contribution in [0.5, 0.6) is 0 Å². The van der Waals surface area contributed by atoms with Crippen LogP contribution in [0.15, 0.2) is 24.3 Å². The predicted octanol–water partition coefficient (Wildman–Crippen LogP) is 1.13. The Morgan fingerprint density at radius 2 is 2.04 bits per heavy atom. The van der Waals surface area contributed by atoms with Crippen molar-refractivity contribution in [1.29, 1.82) is 0 Å². The Hall–Kier alpha value is -1.51. The highest BCUT2D eigenvalue weighted by atomic mass is 32.2. The van der Waals surface area contributed by atoms with Crippen LogP contribution in [0.1, 0.15) is 18.4 Å². The average Bonchev–Trinajstić information content (AvgIpc) is 2.48. The number of nitrogens with zero attached hydrogens (tertiary/aromatic N) is 1. The number of ether oxygens (including phenoxy) is 1. The molecule has 0 radical (unpaired) electrons. The number of rotatable bonds is 10. The second-order valence-corrected chi connectivity index (χ2v) is 7.12. The summed E-state index contributed by atoms with van der Waals surface area (Å²) in [6.07, 6.45) is 1.76. The van der Waals surface area contributed by atoms with E-state index in [4.69, 9.17) is 4.74 Å². The highest BCUT2D eigenvalue weighted by Gasteiger charge is 2.19. The molecule has 0 unspecified atom stereocenters. The maximum absolute atomic E-state index is 13.7. The van der Waals surface area contributed by atoms with Gasteiger partial charge in [-0.25, -0.2) is 12.8 Å². The summed E-state index contributed by atoms with van der Waals surface area (Å²) in [5.74, 6) is -0.714. The quantitative estimate of drug-likeness (QED) is 0.645. The van der Waals surface area contributed by atoms with Gasteiger partial charge < -0.3 is 10.1 Å². The van der Waals surface area contributed by atoms with Crippen LogP contribution in [0.3, 0.4) is 0 Å². The Bertz CT molecular complexity index is 607. The van der Waals surface area contributed by atoms with E-state index in [2.05, 4.69) is 5.32 Å². The molecule has 1 N–H and O–H groups in total. The number of nitrogens with one attached hydrogen (secondary N) is 1. The van der Waals surface area contributed by atoms with E-state index in [0.29, 0.717) is 19.6 Å². The Morgan fingerprint density at radius 3 is 2.65 bits per heavy atom. The minimum absolute atomic E-state index is 0.00325. The standard InChI is InChI=1S/C15H23FN2O4S/c1-22-11-5-9-17-15(19)8-10-18(23(2,20)21)12-13-6-3-4-7-14(13)16/h3-4,6-7H,5,8-12H2,1-2H3,(H,17,19). The summed E-state index contributed by atoms with van der Waals surface area (Å²) in [5.41, 5.74) is 0.276. The Morgan fingerprint density at radius 1 is 1.35 bits per heavy atom. The molecule has 0 spiro atoms. The number of sulfonamides is 1. The van der Waals surface area contributed by atoms with Gasteiger partial charge in [-0.3, -0.25) is 4.79 Å². The van der Waals surface area contributed by atoms with Crippen LogP contribution in [0.2, 0.25) is 0 Å². The largest absolute Gasteiger partial charge is 0.385 e. The molecule has 0 bridgehead atoms. The second-order valence-electron chi connectivity index (χ2n) is 5.13. The molecule has 0 aromatic heterocycles. The number of hydrogen-bond donors (Lipinski definition) is 1. The summed E-state index contributed by atoms with van der Waals surface area (Å²) < 4.78 is 43.3. The molecule has 8 heteroatoms. The molecule has 23 heavy (non-hydrogen) atoms. The van der Waals surface area contributed by atoms with E-state index >= 15 is 0 Å². The summed E-state index contributed by atoms with van der Waals surface area (Å²) in [6, 6.07) is 5.98. The van der Waals surface area contributed by atoms with Gasteiger partial charge >= 0.3 is 0 Å². The van der Waals surface area contributed by atoms with E-state index < -0.39 is 15.8 Å². The summed E-state index contributed by atoms with van der Waals surface area (Å²) in [7, 11) is -1.96. The van der Waals surface area contributed by atoms with Crippen molar-refractivity contribution < 1.29 is 22.3 Å². The van der Waals surface area contributed by atoms with Gasteiger partial charge in [0.25, 0.3) is 0 Å². The maximum Gasteiger partial charge on any atom is 0.221 e. The lowest BCUT2D eigenvalue weighted by Gasteiger charge is -2.20. The van der Waals surface area contributed by atoms with E-state index in [1.165, 1.54) is 18.2 Å². The SMILES string of the molecule is COCCCNC(=O)CCN(Cc1ccccc1F)S(C)(=O)=O. The first kappa shape index (κ1) is 19.5. The molecule has 0 fully saturated rings. The third-order valence-corrected chi connectivity index (χ3v) is 4.46. The van der Waals surface area contributed by atoms with Crippen LogP contribution in [-0.2, 0) is 26.1 Å². The monoisotopic (exact) mass is 346 g/mol. The van der Waals surface area contributed by atoms with E-state index in [-0.39, 0.29) is 31.0 Å². The van der Waals surface area contributed by atoms with Crippen molar-refractivity contribution in [2.24, 2.45) is 0 Å². The van der Waals surface area contributed by atoms with Crippen LogP contribution in [0.4, 0.5) is 4.39 Å². The molecule has 1 amide bonds. The number of hydrogen-bond acceptors (Lipinski definition) is 4. The van der Waals surface area contributed by atoms with E-state index in [9.17, 15) is 17.6 Å². The lowest BCUT2D eigenvalue weighted by molar-refractivity contribution is -0.121. The zero-order chi connectivity index (χ0) is 17.3. The van der Waals surface area contributed by atoms with Gasteiger partial charge in [0, 0.05) is 45.3 Å². The molecule has 0 heterocycles. The minimum atomic E-state index is -3.54. The van der Waals surface area contributed by atoms with Crippen molar-refractivity contribution in [2.75, 3.05) is 33.1 Å². The Kier molecular flexibility index (Phi) is 8.15. The molecular formula is C15H23FN2O4S. The third kappa shape index (κ3) is 7.54. The molecule has 130 valence electrons. The number of methoxy groups -OCH3 is 1. The highest BCUT2D eigenvalue weighted by Crippen LogP contribution is 2.12. The smallest absolute Gasteiger partial charge is 0.221 e. The van der Waals surface area contributed by atoms with Gasteiger partial charge in [0.2, 0.25) is 15.9 Å². The molecule has 1 aromatic carbocycles. The molecule has 1 rings (SSSR count). The van der Waals surface area contributed by atoms with E-state index in [0.717, 1.165) is 10.6 Å². The number of carbonyl (C=O) groups is 1. The van der Waals surface area contributed by atoms with E-state index in [1.807, 2.05) is 0 Å². The van der Waals surface area contributed by atoms with Crippen LogP contribution >= 0.6 is 0 Å². The number of benzene rings is 1. The van der Waals surface area contributed by atoms with Crippen molar-refractivity contribution in [1.82, 2.24) is 9.62 Å². The molecule has 6 nitrogen and oxygen atoms in total. The molecule has 0 aliphatic heterocycles. The minimum Gasteiger partial charge on any atom is -0.385 e. The lowest BCUT2D eigenvalue weighted by Crippen LogP contribution is -2.34. The molecule has 1 aromatic rings. The predicted molar refractivity (Wildman–Crippen MR) is 85.8 cm³/mol. The average molecular weight is 346 g/mol. The number of amides is 1. The number of carbonyl (C=O) groups excluding carboxylic acids is 1. The van der Waals surface area contributed by atoms with Crippen LogP contribution < -0.4 is 5.32 Å². The third-order valence-electron chi connectivity index (χ3n) is 3.21. The normalized spacial score (nSPS) is 11.7.